The summed E-state index contributed by atoms with van der Waals surface area (Å²) in [6.07, 6.45) is 4.09. The van der Waals surface area contributed by atoms with Gasteiger partial charge in [-0.1, -0.05) is 0 Å². The molecule has 0 saturated heterocycles. The third-order valence-corrected chi connectivity index (χ3v) is 3.05. The van der Waals surface area contributed by atoms with Crippen molar-refractivity contribution in [3.8, 4) is 11.5 Å². The van der Waals surface area contributed by atoms with Gasteiger partial charge in [-0.15, -0.1) is 0 Å². The first kappa shape index (κ1) is 10.1. The molecule has 5 nitrogen and oxygen atoms in total. The molecule has 1 aromatic rings. The van der Waals surface area contributed by atoms with Gasteiger partial charge in [-0.3, -0.25) is 10.1 Å². The van der Waals surface area contributed by atoms with Gasteiger partial charge in [0.2, 0.25) is 6.20 Å². The summed E-state index contributed by atoms with van der Waals surface area (Å²) in [6.45, 7) is 1.27. The minimum Gasteiger partial charge on any atom is -0.493 e. The van der Waals surface area contributed by atoms with Gasteiger partial charge in [0.25, 0.3) is 0 Å². The topological polar surface area (TPSA) is 61.6 Å². The van der Waals surface area contributed by atoms with Crippen LogP contribution in [0.3, 0.4) is 0 Å². The summed E-state index contributed by atoms with van der Waals surface area (Å²) < 4.78 is 11.1. The molecule has 0 radical (unpaired) electrons. The molecule has 0 N–H and O–H groups in total. The van der Waals surface area contributed by atoms with E-state index < -0.39 is 4.92 Å². The molecule has 17 heavy (non-hydrogen) atoms. The molecule has 0 unspecified atom stereocenters. The average molecular weight is 233 g/mol. The zero-order chi connectivity index (χ0) is 11.8. The summed E-state index contributed by atoms with van der Waals surface area (Å²) in [5, 5.41) is 10.4. The normalized spacial score (nSPS) is 16.5. The lowest BCUT2D eigenvalue weighted by Crippen LogP contribution is -1.93. The van der Waals surface area contributed by atoms with Crippen LogP contribution in [0.25, 0.3) is 6.08 Å². The van der Waals surface area contributed by atoms with Crippen LogP contribution in [0.2, 0.25) is 0 Å². The first-order valence-electron chi connectivity index (χ1n) is 5.52. The molecule has 3 rings (SSSR count). The van der Waals surface area contributed by atoms with Crippen molar-refractivity contribution in [2.24, 2.45) is 0 Å². The Morgan fingerprint density at radius 3 is 2.94 bits per heavy atom. The molecule has 0 aromatic heterocycles. The summed E-state index contributed by atoms with van der Waals surface area (Å²) in [6, 6.07) is 1.99. The second-order valence-corrected chi connectivity index (χ2v) is 4.05. The highest BCUT2D eigenvalue weighted by atomic mass is 16.6. The van der Waals surface area contributed by atoms with Crippen molar-refractivity contribution in [2.75, 3.05) is 13.2 Å². The van der Waals surface area contributed by atoms with Crippen molar-refractivity contribution in [1.82, 2.24) is 0 Å². The Hall–Kier alpha value is -2.04. The summed E-state index contributed by atoms with van der Waals surface area (Å²) in [5.74, 6) is 1.63. The Morgan fingerprint density at radius 2 is 2.12 bits per heavy atom. The number of benzene rings is 1. The monoisotopic (exact) mass is 233 g/mol. The van der Waals surface area contributed by atoms with Gasteiger partial charge in [0.1, 0.15) is 11.5 Å². The third-order valence-electron chi connectivity index (χ3n) is 3.05. The van der Waals surface area contributed by atoms with E-state index in [4.69, 9.17) is 9.47 Å². The number of rotatable bonds is 2. The Morgan fingerprint density at radius 1 is 1.29 bits per heavy atom. The van der Waals surface area contributed by atoms with Crippen molar-refractivity contribution < 1.29 is 14.4 Å². The van der Waals surface area contributed by atoms with Crippen LogP contribution < -0.4 is 9.47 Å². The van der Waals surface area contributed by atoms with E-state index in [-0.39, 0.29) is 0 Å². The molecule has 5 heteroatoms. The fourth-order valence-corrected chi connectivity index (χ4v) is 2.33. The van der Waals surface area contributed by atoms with E-state index in [1.165, 1.54) is 6.08 Å². The predicted octanol–water partition coefficient (Wildman–Crippen LogP) is 1.80. The smallest absolute Gasteiger partial charge is 0.235 e. The van der Waals surface area contributed by atoms with Gasteiger partial charge in [0.15, 0.2) is 0 Å². The molecule has 0 spiro atoms. The highest BCUT2D eigenvalue weighted by molar-refractivity contribution is 5.68. The lowest BCUT2D eigenvalue weighted by Gasteiger charge is -2.08. The fourth-order valence-electron chi connectivity index (χ4n) is 2.33. The standard InChI is InChI=1S/C12H11NO4/c14-13(15)4-1-10-9-3-6-16-11(9)7-8-2-5-17-12(8)10/h1,4,7H,2-3,5-6H2. The van der Waals surface area contributed by atoms with Crippen LogP contribution in [0.4, 0.5) is 0 Å². The lowest BCUT2D eigenvalue weighted by atomic mass is 9.99. The maximum Gasteiger partial charge on any atom is 0.235 e. The Balaban J connectivity index is 2.14. The van der Waals surface area contributed by atoms with E-state index >= 15 is 0 Å². The molecule has 1 aromatic carbocycles. The Labute approximate surface area is 97.8 Å². The summed E-state index contributed by atoms with van der Waals surface area (Å²) in [4.78, 5) is 9.96. The van der Waals surface area contributed by atoms with Crippen LogP contribution in [0, 0.1) is 10.1 Å². The van der Waals surface area contributed by atoms with Crippen LogP contribution in [-0.4, -0.2) is 18.1 Å². The predicted molar refractivity (Wildman–Crippen MR) is 60.9 cm³/mol. The van der Waals surface area contributed by atoms with E-state index in [1.54, 1.807) is 0 Å². The molecule has 0 amide bonds. The molecular formula is C12H11NO4. The number of nitro groups is 1. The fraction of sp³-hybridized carbons (Fsp3) is 0.333. The largest absolute Gasteiger partial charge is 0.493 e. The molecular weight excluding hydrogens is 222 g/mol. The highest BCUT2D eigenvalue weighted by Gasteiger charge is 2.25. The Kier molecular flexibility index (Phi) is 2.24. The molecule has 2 aliphatic rings. The molecule has 2 heterocycles. The first-order chi connectivity index (χ1) is 8.25. The van der Waals surface area contributed by atoms with Gasteiger partial charge in [-0.2, -0.15) is 0 Å². The van der Waals surface area contributed by atoms with Gasteiger partial charge in [0, 0.05) is 35.6 Å². The second-order valence-electron chi connectivity index (χ2n) is 4.05. The van der Waals surface area contributed by atoms with Crippen LogP contribution in [0.15, 0.2) is 12.3 Å². The molecule has 2 aliphatic heterocycles. The molecule has 0 bridgehead atoms. The SMILES string of the molecule is O=[N+]([O-])C=Cc1c2c(cc3c1OCC3)OCC2. The maximum atomic E-state index is 10.4. The van der Waals surface area contributed by atoms with E-state index in [9.17, 15) is 10.1 Å². The number of ether oxygens (including phenoxy) is 2. The highest BCUT2D eigenvalue weighted by Crippen LogP contribution is 2.41. The quantitative estimate of drug-likeness (QED) is 0.577. The molecule has 0 fully saturated rings. The van der Waals surface area contributed by atoms with E-state index in [2.05, 4.69) is 0 Å². The average Bonchev–Trinajstić information content (AvgIpc) is 2.90. The van der Waals surface area contributed by atoms with Crippen molar-refractivity contribution in [3.05, 3.63) is 39.1 Å². The second kappa shape index (κ2) is 3.76. The van der Waals surface area contributed by atoms with E-state index in [0.717, 1.165) is 47.2 Å². The Bertz CT molecular complexity index is 489. The van der Waals surface area contributed by atoms with Gasteiger partial charge in [-0.25, -0.2) is 0 Å². The first-order valence-corrected chi connectivity index (χ1v) is 5.52. The van der Waals surface area contributed by atoms with E-state index in [1.807, 2.05) is 6.07 Å². The molecule has 0 saturated carbocycles. The van der Waals surface area contributed by atoms with Crippen molar-refractivity contribution >= 4 is 6.08 Å². The minimum absolute atomic E-state index is 0.462. The van der Waals surface area contributed by atoms with Gasteiger partial charge in [-0.05, 0) is 6.07 Å². The molecule has 0 aliphatic carbocycles. The van der Waals surface area contributed by atoms with Crippen molar-refractivity contribution in [1.29, 1.82) is 0 Å². The van der Waals surface area contributed by atoms with Crippen LogP contribution >= 0.6 is 0 Å². The van der Waals surface area contributed by atoms with Crippen molar-refractivity contribution in [2.45, 2.75) is 12.8 Å². The zero-order valence-electron chi connectivity index (χ0n) is 9.14. The lowest BCUT2D eigenvalue weighted by molar-refractivity contribution is -0.400. The zero-order valence-corrected chi connectivity index (χ0v) is 9.14. The minimum atomic E-state index is -0.462. The van der Waals surface area contributed by atoms with E-state index in [0.29, 0.717) is 13.2 Å². The molecule has 88 valence electrons. The van der Waals surface area contributed by atoms with Gasteiger partial charge in [0.05, 0.1) is 18.1 Å². The number of nitrogens with zero attached hydrogens (tertiary/aromatic N) is 1. The van der Waals surface area contributed by atoms with Gasteiger partial charge < -0.3 is 9.47 Å². The summed E-state index contributed by atoms with van der Waals surface area (Å²) in [5.41, 5.74) is 2.90. The van der Waals surface area contributed by atoms with Gasteiger partial charge >= 0.3 is 0 Å². The van der Waals surface area contributed by atoms with Crippen LogP contribution in [0.1, 0.15) is 16.7 Å². The third kappa shape index (κ3) is 1.63. The van der Waals surface area contributed by atoms with Crippen LogP contribution in [-0.2, 0) is 12.8 Å². The van der Waals surface area contributed by atoms with Crippen LogP contribution in [0.5, 0.6) is 11.5 Å². The van der Waals surface area contributed by atoms with Crippen molar-refractivity contribution in [3.63, 3.8) is 0 Å². The number of hydrogen-bond acceptors (Lipinski definition) is 4. The summed E-state index contributed by atoms with van der Waals surface area (Å²) in [7, 11) is 0. The number of fused-ring (bicyclic) bond motifs is 2. The maximum absolute atomic E-state index is 10.4. The number of hydrogen-bond donors (Lipinski definition) is 0. The molecule has 0 atom stereocenters. The summed E-state index contributed by atoms with van der Waals surface area (Å²) >= 11 is 0.